The summed E-state index contributed by atoms with van der Waals surface area (Å²) in [6.45, 7) is 6.24. The number of anilines is 1. The quantitative estimate of drug-likeness (QED) is 0.848. The second-order valence-corrected chi connectivity index (χ2v) is 5.16. The molecule has 3 rings (SSSR count). The fourth-order valence-corrected chi connectivity index (χ4v) is 2.38. The monoisotopic (exact) mass is 233 g/mol. The first-order valence-corrected chi connectivity index (χ1v) is 6.41. The zero-order valence-corrected chi connectivity index (χ0v) is 10.5. The van der Waals surface area contributed by atoms with Crippen LogP contribution in [0.2, 0.25) is 0 Å². The Bertz CT molecular complexity index is 415. The van der Waals surface area contributed by atoms with Gasteiger partial charge in [-0.25, -0.2) is 4.98 Å². The van der Waals surface area contributed by atoms with E-state index in [1.165, 1.54) is 25.8 Å². The minimum atomic E-state index is 0.486. The summed E-state index contributed by atoms with van der Waals surface area (Å²) in [7, 11) is 0. The van der Waals surface area contributed by atoms with Gasteiger partial charge in [0.25, 0.3) is 0 Å². The number of likely N-dealkylation sites (tertiary alicyclic amines) is 1. The molecule has 1 aliphatic carbocycles. The average Bonchev–Trinajstić information content (AvgIpc) is 3.06. The van der Waals surface area contributed by atoms with E-state index in [0.717, 1.165) is 24.0 Å². The first-order valence-electron chi connectivity index (χ1n) is 6.41. The predicted molar refractivity (Wildman–Crippen MR) is 65.9 cm³/mol. The maximum atomic E-state index is 4.42. The smallest absolute Gasteiger partial charge is 0.243 e. The van der Waals surface area contributed by atoms with Crippen molar-refractivity contribution in [2.24, 2.45) is 0 Å². The summed E-state index contributed by atoms with van der Waals surface area (Å²) >= 11 is 0. The van der Waals surface area contributed by atoms with E-state index in [1.807, 2.05) is 13.8 Å². The van der Waals surface area contributed by atoms with Crippen molar-refractivity contribution in [1.29, 1.82) is 0 Å². The highest BCUT2D eigenvalue weighted by molar-refractivity contribution is 5.27. The molecule has 1 aliphatic heterocycles. The Morgan fingerprint density at radius 3 is 2.65 bits per heavy atom. The molecular weight excluding hydrogens is 214 g/mol. The highest BCUT2D eigenvalue weighted by atomic mass is 15.3. The van der Waals surface area contributed by atoms with Crippen LogP contribution in [-0.4, -0.2) is 45.3 Å². The van der Waals surface area contributed by atoms with Gasteiger partial charge in [0.1, 0.15) is 0 Å². The summed E-state index contributed by atoms with van der Waals surface area (Å²) in [5, 5.41) is 11.6. The van der Waals surface area contributed by atoms with Crippen molar-refractivity contribution in [3.8, 4) is 0 Å². The minimum Gasteiger partial charge on any atom is -0.349 e. The van der Waals surface area contributed by atoms with Crippen molar-refractivity contribution in [1.82, 2.24) is 20.1 Å². The Morgan fingerprint density at radius 1 is 1.12 bits per heavy atom. The van der Waals surface area contributed by atoms with Gasteiger partial charge in [-0.15, -0.1) is 5.10 Å². The topological polar surface area (TPSA) is 53.9 Å². The van der Waals surface area contributed by atoms with E-state index in [-0.39, 0.29) is 0 Å². The number of hydrogen-bond acceptors (Lipinski definition) is 5. The Labute approximate surface area is 102 Å². The van der Waals surface area contributed by atoms with Crippen molar-refractivity contribution in [3.05, 3.63) is 11.4 Å². The molecule has 1 atom stereocenters. The molecule has 17 heavy (non-hydrogen) atoms. The van der Waals surface area contributed by atoms with Crippen LogP contribution in [0, 0.1) is 13.8 Å². The van der Waals surface area contributed by atoms with Crippen LogP contribution in [-0.2, 0) is 0 Å². The van der Waals surface area contributed by atoms with E-state index in [2.05, 4.69) is 25.4 Å². The van der Waals surface area contributed by atoms with Gasteiger partial charge in [-0.2, -0.15) is 5.10 Å². The molecule has 92 valence electrons. The van der Waals surface area contributed by atoms with Crippen LogP contribution in [0.5, 0.6) is 0 Å². The molecule has 1 saturated carbocycles. The molecule has 0 bridgehead atoms. The summed E-state index contributed by atoms with van der Waals surface area (Å²) in [6.07, 6.45) is 3.95. The zero-order valence-electron chi connectivity index (χ0n) is 10.5. The van der Waals surface area contributed by atoms with Crippen molar-refractivity contribution >= 4 is 5.95 Å². The van der Waals surface area contributed by atoms with Gasteiger partial charge < -0.3 is 5.32 Å². The highest BCUT2D eigenvalue weighted by Crippen LogP contribution is 2.30. The molecule has 0 spiro atoms. The third-order valence-electron chi connectivity index (χ3n) is 3.71. The number of aromatic nitrogens is 3. The number of rotatable bonds is 3. The highest BCUT2D eigenvalue weighted by Gasteiger charge is 2.34. The lowest BCUT2D eigenvalue weighted by atomic mass is 10.3. The van der Waals surface area contributed by atoms with Gasteiger partial charge in [0.15, 0.2) is 0 Å². The molecular formula is C12H19N5. The second kappa shape index (κ2) is 4.22. The van der Waals surface area contributed by atoms with Crippen LogP contribution in [0.25, 0.3) is 0 Å². The fraction of sp³-hybridized carbons (Fsp3) is 0.750. The van der Waals surface area contributed by atoms with E-state index < -0.39 is 0 Å². The Morgan fingerprint density at radius 2 is 1.94 bits per heavy atom. The van der Waals surface area contributed by atoms with Gasteiger partial charge in [0.2, 0.25) is 5.95 Å². The summed E-state index contributed by atoms with van der Waals surface area (Å²) in [5.41, 5.74) is 1.86. The van der Waals surface area contributed by atoms with Gasteiger partial charge in [-0.3, -0.25) is 4.90 Å². The minimum absolute atomic E-state index is 0.486. The van der Waals surface area contributed by atoms with Crippen molar-refractivity contribution < 1.29 is 0 Å². The van der Waals surface area contributed by atoms with Crippen LogP contribution < -0.4 is 5.32 Å². The van der Waals surface area contributed by atoms with Gasteiger partial charge in [0.05, 0.1) is 11.4 Å². The maximum absolute atomic E-state index is 4.42. The normalized spacial score (nSPS) is 25.2. The summed E-state index contributed by atoms with van der Waals surface area (Å²) in [5.74, 6) is 0.677. The van der Waals surface area contributed by atoms with Gasteiger partial charge >= 0.3 is 0 Å². The van der Waals surface area contributed by atoms with E-state index in [9.17, 15) is 0 Å². The average molecular weight is 233 g/mol. The summed E-state index contributed by atoms with van der Waals surface area (Å²) in [4.78, 5) is 6.99. The molecule has 1 aromatic heterocycles. The third-order valence-corrected chi connectivity index (χ3v) is 3.71. The van der Waals surface area contributed by atoms with Crippen molar-refractivity contribution in [2.75, 3.05) is 18.4 Å². The molecule has 0 aromatic carbocycles. The van der Waals surface area contributed by atoms with Crippen LogP contribution in [0.4, 0.5) is 5.95 Å². The molecule has 0 amide bonds. The van der Waals surface area contributed by atoms with Crippen LogP contribution in [0.15, 0.2) is 0 Å². The largest absolute Gasteiger partial charge is 0.349 e. The van der Waals surface area contributed by atoms with E-state index in [0.29, 0.717) is 12.0 Å². The lowest BCUT2D eigenvalue weighted by Crippen LogP contribution is -2.28. The number of nitrogens with zero attached hydrogens (tertiary/aromatic N) is 4. The second-order valence-electron chi connectivity index (χ2n) is 5.16. The summed E-state index contributed by atoms with van der Waals surface area (Å²) in [6, 6.07) is 1.35. The van der Waals surface area contributed by atoms with E-state index in [4.69, 9.17) is 0 Å². The molecule has 0 radical (unpaired) electrons. The number of nitrogens with one attached hydrogen (secondary N) is 1. The Kier molecular flexibility index (Phi) is 2.70. The maximum Gasteiger partial charge on any atom is 0.243 e. The SMILES string of the molecule is Cc1nnc(NC2CCN(C3CC3)C2)nc1C. The molecule has 2 aliphatic rings. The van der Waals surface area contributed by atoms with Gasteiger partial charge in [0, 0.05) is 25.2 Å². The number of hydrogen-bond donors (Lipinski definition) is 1. The standard InChI is InChI=1S/C12H19N5/c1-8-9(2)15-16-12(13-8)14-10-5-6-17(7-10)11-3-4-11/h10-11H,3-7H2,1-2H3,(H,13,14,16). The van der Waals surface area contributed by atoms with Crippen molar-refractivity contribution in [3.63, 3.8) is 0 Å². The van der Waals surface area contributed by atoms with Crippen molar-refractivity contribution in [2.45, 2.75) is 45.2 Å². The van der Waals surface area contributed by atoms with Gasteiger partial charge in [-0.1, -0.05) is 0 Å². The number of aryl methyl sites for hydroxylation is 2. The van der Waals surface area contributed by atoms with E-state index in [1.54, 1.807) is 0 Å². The Balaban J connectivity index is 1.61. The molecule has 5 nitrogen and oxygen atoms in total. The Hall–Kier alpha value is -1.23. The predicted octanol–water partition coefficient (Wildman–Crippen LogP) is 1.14. The van der Waals surface area contributed by atoms with Crippen LogP contribution >= 0.6 is 0 Å². The molecule has 1 saturated heterocycles. The van der Waals surface area contributed by atoms with E-state index >= 15 is 0 Å². The first kappa shape index (κ1) is 10.9. The summed E-state index contributed by atoms with van der Waals surface area (Å²) < 4.78 is 0. The van der Waals surface area contributed by atoms with Crippen LogP contribution in [0.3, 0.4) is 0 Å². The lowest BCUT2D eigenvalue weighted by molar-refractivity contribution is 0.326. The molecule has 2 fully saturated rings. The molecule has 2 heterocycles. The lowest BCUT2D eigenvalue weighted by Gasteiger charge is -2.15. The molecule has 1 aromatic rings. The zero-order chi connectivity index (χ0) is 11.8. The fourth-order valence-electron chi connectivity index (χ4n) is 2.38. The molecule has 1 N–H and O–H groups in total. The van der Waals surface area contributed by atoms with Gasteiger partial charge in [-0.05, 0) is 33.1 Å². The first-order chi connectivity index (χ1) is 8.22. The van der Waals surface area contributed by atoms with Crippen LogP contribution in [0.1, 0.15) is 30.7 Å². The third kappa shape index (κ3) is 2.39. The molecule has 5 heteroatoms. The molecule has 1 unspecified atom stereocenters.